The fraction of sp³-hybridized carbons (Fsp3) is 0.500. The summed E-state index contributed by atoms with van der Waals surface area (Å²) in [5.74, 6) is -0.566. The van der Waals surface area contributed by atoms with E-state index in [0.717, 1.165) is 18.7 Å². The van der Waals surface area contributed by atoms with Crippen molar-refractivity contribution in [2.45, 2.75) is 66.0 Å². The van der Waals surface area contributed by atoms with Gasteiger partial charge in [0.25, 0.3) is 0 Å². The summed E-state index contributed by atoms with van der Waals surface area (Å²) in [6.07, 6.45) is 2.88. The number of nitrogens with zero attached hydrogens (tertiary/aromatic N) is 2. The van der Waals surface area contributed by atoms with Crippen molar-refractivity contribution in [3.8, 4) is 0 Å². The van der Waals surface area contributed by atoms with E-state index in [1.165, 1.54) is 28.8 Å². The summed E-state index contributed by atoms with van der Waals surface area (Å²) in [7, 11) is 1.99. The summed E-state index contributed by atoms with van der Waals surface area (Å²) >= 11 is 0. The van der Waals surface area contributed by atoms with E-state index in [1.54, 1.807) is 19.1 Å². The van der Waals surface area contributed by atoms with Crippen LogP contribution in [-0.2, 0) is 28.9 Å². The first-order valence-electron chi connectivity index (χ1n) is 11.3. The van der Waals surface area contributed by atoms with Crippen molar-refractivity contribution < 1.29 is 13.9 Å². The third-order valence-corrected chi connectivity index (χ3v) is 6.17. The van der Waals surface area contributed by atoms with Crippen LogP contribution in [0.5, 0.6) is 0 Å². The maximum Gasteiger partial charge on any atom is 0.306 e. The molecule has 5 heteroatoms. The number of ether oxygens (including phenoxy) is 1. The molecule has 1 aliphatic heterocycles. The zero-order valence-corrected chi connectivity index (χ0v) is 19.5. The Bertz CT molecular complexity index is 926. The lowest BCUT2D eigenvalue weighted by Gasteiger charge is -2.37. The predicted octanol–water partition coefficient (Wildman–Crippen LogP) is 5.43. The smallest absolute Gasteiger partial charge is 0.306 e. The molecular formula is C26H35FN2O2. The van der Waals surface area contributed by atoms with E-state index in [4.69, 9.17) is 4.74 Å². The Morgan fingerprint density at radius 3 is 2.65 bits per heavy atom. The van der Waals surface area contributed by atoms with Crippen molar-refractivity contribution in [3.63, 3.8) is 0 Å². The highest BCUT2D eigenvalue weighted by molar-refractivity contribution is 5.69. The third-order valence-electron chi connectivity index (χ3n) is 6.17. The molecule has 31 heavy (non-hydrogen) atoms. The lowest BCUT2D eigenvalue weighted by molar-refractivity contribution is -0.143. The molecule has 0 N–H and O–H groups in total. The largest absolute Gasteiger partial charge is 0.466 e. The second-order valence-electron chi connectivity index (χ2n) is 8.68. The minimum Gasteiger partial charge on any atom is -0.466 e. The number of carbonyl (C=O) groups excluding carboxylic acids is 1. The summed E-state index contributed by atoms with van der Waals surface area (Å²) in [6, 6.07) is 10.2. The number of hydrogen-bond acceptors (Lipinski definition) is 4. The van der Waals surface area contributed by atoms with Crippen LogP contribution >= 0.6 is 0 Å². The van der Waals surface area contributed by atoms with Gasteiger partial charge in [-0.15, -0.1) is 0 Å². The predicted molar refractivity (Wildman–Crippen MR) is 125 cm³/mol. The maximum atomic E-state index is 14.6. The lowest BCUT2D eigenvalue weighted by atomic mass is 9.93. The van der Waals surface area contributed by atoms with E-state index in [0.29, 0.717) is 31.2 Å². The first-order chi connectivity index (χ1) is 14.8. The molecule has 1 aliphatic rings. The van der Waals surface area contributed by atoms with Gasteiger partial charge in [-0.3, -0.25) is 4.79 Å². The van der Waals surface area contributed by atoms with Crippen molar-refractivity contribution >= 4 is 17.3 Å². The molecule has 0 radical (unpaired) electrons. The second kappa shape index (κ2) is 10.2. The SMILES string of the molecule is CCOC(=O)CCc1ccc(N(C)Cc2ccc3c(c2C)N(C(C)C)CCC3)cc1F. The van der Waals surface area contributed by atoms with Crippen molar-refractivity contribution in [2.24, 2.45) is 0 Å². The molecule has 0 saturated carbocycles. The first-order valence-corrected chi connectivity index (χ1v) is 11.3. The standard InChI is InChI=1S/C26H35FN2O2/c1-6-31-25(30)14-12-20-11-13-23(16-24(20)27)28(5)17-22-10-9-21-8-7-15-29(18(2)3)26(21)19(22)4/h9-11,13,16,18H,6-8,12,14-15,17H2,1-5H3. The molecular weight excluding hydrogens is 391 g/mol. The highest BCUT2D eigenvalue weighted by Gasteiger charge is 2.22. The average molecular weight is 427 g/mol. The Balaban J connectivity index is 1.74. The summed E-state index contributed by atoms with van der Waals surface area (Å²) < 4.78 is 19.6. The van der Waals surface area contributed by atoms with Crippen LogP contribution in [0.15, 0.2) is 30.3 Å². The van der Waals surface area contributed by atoms with Crippen LogP contribution in [0.1, 0.15) is 55.9 Å². The van der Waals surface area contributed by atoms with Crippen molar-refractivity contribution in [1.29, 1.82) is 0 Å². The van der Waals surface area contributed by atoms with Crippen LogP contribution in [-0.4, -0.2) is 32.2 Å². The van der Waals surface area contributed by atoms with Crippen LogP contribution in [0.3, 0.4) is 0 Å². The van der Waals surface area contributed by atoms with Gasteiger partial charge in [0.05, 0.1) is 6.61 Å². The lowest BCUT2D eigenvalue weighted by Crippen LogP contribution is -2.36. The zero-order valence-electron chi connectivity index (χ0n) is 19.5. The second-order valence-corrected chi connectivity index (χ2v) is 8.68. The normalized spacial score (nSPS) is 13.3. The molecule has 1 heterocycles. The van der Waals surface area contributed by atoms with Crippen LogP contribution < -0.4 is 9.80 Å². The quantitative estimate of drug-likeness (QED) is 0.527. The number of carbonyl (C=O) groups is 1. The minimum atomic E-state index is -0.290. The van der Waals surface area contributed by atoms with E-state index in [-0.39, 0.29) is 18.2 Å². The molecule has 0 amide bonds. The molecule has 0 fully saturated rings. The summed E-state index contributed by atoms with van der Waals surface area (Å²) in [6.45, 7) is 10.6. The number of aryl methyl sites for hydroxylation is 2. The monoisotopic (exact) mass is 426 g/mol. The van der Waals surface area contributed by atoms with Crippen LogP contribution in [0.4, 0.5) is 15.8 Å². The molecule has 4 nitrogen and oxygen atoms in total. The Hall–Kier alpha value is -2.56. The molecule has 0 unspecified atom stereocenters. The van der Waals surface area contributed by atoms with Crippen LogP contribution in [0.25, 0.3) is 0 Å². The van der Waals surface area contributed by atoms with E-state index >= 15 is 0 Å². The number of anilines is 2. The average Bonchev–Trinajstić information content (AvgIpc) is 2.74. The Labute approximate surface area is 186 Å². The van der Waals surface area contributed by atoms with Gasteiger partial charge in [0.2, 0.25) is 0 Å². The fourth-order valence-electron chi connectivity index (χ4n) is 4.43. The highest BCUT2D eigenvalue weighted by Crippen LogP contribution is 2.34. The first kappa shape index (κ1) is 23.1. The van der Waals surface area contributed by atoms with Crippen molar-refractivity contribution in [1.82, 2.24) is 0 Å². The summed E-state index contributed by atoms with van der Waals surface area (Å²) in [5.41, 5.74) is 6.77. The Morgan fingerprint density at radius 2 is 1.97 bits per heavy atom. The molecule has 0 aliphatic carbocycles. The van der Waals surface area contributed by atoms with Gasteiger partial charge < -0.3 is 14.5 Å². The number of rotatable bonds is 8. The van der Waals surface area contributed by atoms with Gasteiger partial charge in [-0.05, 0) is 81.3 Å². The molecule has 0 saturated heterocycles. The molecule has 2 aromatic rings. The van der Waals surface area contributed by atoms with Gasteiger partial charge in [0.1, 0.15) is 5.82 Å². The number of fused-ring (bicyclic) bond motifs is 1. The van der Waals surface area contributed by atoms with E-state index in [2.05, 4.69) is 42.7 Å². The van der Waals surface area contributed by atoms with Gasteiger partial charge in [-0.25, -0.2) is 4.39 Å². The van der Waals surface area contributed by atoms with Gasteiger partial charge >= 0.3 is 5.97 Å². The maximum absolute atomic E-state index is 14.6. The van der Waals surface area contributed by atoms with Gasteiger partial charge in [-0.1, -0.05) is 18.2 Å². The third kappa shape index (κ3) is 5.38. The summed E-state index contributed by atoms with van der Waals surface area (Å²) in [4.78, 5) is 16.1. The number of esters is 1. The summed E-state index contributed by atoms with van der Waals surface area (Å²) in [5, 5.41) is 0. The van der Waals surface area contributed by atoms with Gasteiger partial charge in [0, 0.05) is 44.0 Å². The Kier molecular flexibility index (Phi) is 7.58. The van der Waals surface area contributed by atoms with Crippen molar-refractivity contribution in [2.75, 3.05) is 30.0 Å². The van der Waals surface area contributed by atoms with E-state index < -0.39 is 0 Å². The molecule has 168 valence electrons. The number of benzene rings is 2. The van der Waals surface area contributed by atoms with Crippen molar-refractivity contribution in [3.05, 3.63) is 58.4 Å². The van der Waals surface area contributed by atoms with E-state index in [1.807, 2.05) is 13.1 Å². The van der Waals surface area contributed by atoms with Crippen LogP contribution in [0, 0.1) is 12.7 Å². The highest BCUT2D eigenvalue weighted by atomic mass is 19.1. The molecule has 2 aromatic carbocycles. The zero-order chi connectivity index (χ0) is 22.5. The molecule has 3 rings (SSSR count). The van der Waals surface area contributed by atoms with E-state index in [9.17, 15) is 9.18 Å². The van der Waals surface area contributed by atoms with Gasteiger partial charge in [-0.2, -0.15) is 0 Å². The Morgan fingerprint density at radius 1 is 1.23 bits per heavy atom. The molecule has 0 spiro atoms. The minimum absolute atomic E-state index is 0.195. The van der Waals surface area contributed by atoms with Crippen LogP contribution in [0.2, 0.25) is 0 Å². The topological polar surface area (TPSA) is 32.8 Å². The molecule has 0 atom stereocenters. The number of halogens is 1. The molecule has 0 bridgehead atoms. The number of hydrogen-bond donors (Lipinski definition) is 0. The fourth-order valence-corrected chi connectivity index (χ4v) is 4.43. The van der Waals surface area contributed by atoms with Gasteiger partial charge in [0.15, 0.2) is 0 Å². The molecule has 0 aromatic heterocycles.